The summed E-state index contributed by atoms with van der Waals surface area (Å²) in [5, 5.41) is 0. The molecule has 0 aromatic heterocycles. The summed E-state index contributed by atoms with van der Waals surface area (Å²) in [6, 6.07) is 68.7. The maximum absolute atomic E-state index is 2.42. The molecule has 0 bridgehead atoms. The summed E-state index contributed by atoms with van der Waals surface area (Å²) in [6.07, 6.45) is 4.57. The monoisotopic (exact) mass is 760 g/mol. The minimum atomic E-state index is -0.155. The highest BCUT2D eigenvalue weighted by Gasteiger charge is 2.37. The van der Waals surface area contributed by atoms with E-state index in [0.29, 0.717) is 0 Å². The van der Waals surface area contributed by atoms with Gasteiger partial charge in [0.15, 0.2) is 0 Å². The maximum atomic E-state index is 2.42. The summed E-state index contributed by atoms with van der Waals surface area (Å²) >= 11 is 0. The van der Waals surface area contributed by atoms with Crippen molar-refractivity contribution in [3.63, 3.8) is 0 Å². The van der Waals surface area contributed by atoms with Crippen molar-refractivity contribution in [2.75, 3.05) is 9.80 Å². The molecule has 0 spiro atoms. The van der Waals surface area contributed by atoms with Gasteiger partial charge in [-0.05, 0) is 135 Å². The first-order valence-corrected chi connectivity index (χ1v) is 20.8. The van der Waals surface area contributed by atoms with Gasteiger partial charge in [-0.3, -0.25) is 0 Å². The van der Waals surface area contributed by atoms with Gasteiger partial charge in [-0.15, -0.1) is 0 Å². The largest absolute Gasteiger partial charge is 0.310 e. The van der Waals surface area contributed by atoms with Crippen LogP contribution in [0.15, 0.2) is 188 Å². The number of hydrogen-bond donors (Lipinski definition) is 0. The van der Waals surface area contributed by atoms with Crippen LogP contribution in [0.4, 0.5) is 34.1 Å². The number of hydrogen-bond acceptors (Lipinski definition) is 2. The second-order valence-electron chi connectivity index (χ2n) is 17.1. The van der Waals surface area contributed by atoms with Crippen LogP contribution in [0.2, 0.25) is 0 Å². The van der Waals surface area contributed by atoms with Gasteiger partial charge in [-0.25, -0.2) is 0 Å². The van der Waals surface area contributed by atoms with Crippen LogP contribution in [0.25, 0.3) is 34.4 Å². The van der Waals surface area contributed by atoms with E-state index in [0.717, 1.165) is 17.1 Å². The minimum absolute atomic E-state index is 0.152. The first-order chi connectivity index (χ1) is 28.7. The zero-order valence-electron chi connectivity index (χ0n) is 34.4. The van der Waals surface area contributed by atoms with Gasteiger partial charge in [0, 0.05) is 45.0 Å². The molecule has 2 aliphatic carbocycles. The molecule has 0 fully saturated rings. The highest BCUT2D eigenvalue weighted by molar-refractivity contribution is 5.89. The molecular formula is C57H48N2. The zero-order chi connectivity index (χ0) is 40.3. The van der Waals surface area contributed by atoms with Crippen LogP contribution >= 0.6 is 0 Å². The second-order valence-corrected chi connectivity index (χ2v) is 17.1. The van der Waals surface area contributed by atoms with E-state index in [4.69, 9.17) is 0 Å². The van der Waals surface area contributed by atoms with Crippen LogP contribution in [0.5, 0.6) is 0 Å². The van der Waals surface area contributed by atoms with E-state index in [-0.39, 0.29) is 10.8 Å². The molecule has 0 atom stereocenters. The molecule has 0 amide bonds. The Labute approximate surface area is 349 Å². The predicted octanol–water partition coefficient (Wildman–Crippen LogP) is 15.7. The van der Waals surface area contributed by atoms with Crippen LogP contribution in [-0.4, -0.2) is 0 Å². The van der Waals surface area contributed by atoms with Crippen LogP contribution in [0.3, 0.4) is 0 Å². The fourth-order valence-electron chi connectivity index (χ4n) is 9.58. The standard InChI is InChI=1S/C57H48N2/c1-39-17-15-16-24-55(39)59(44-22-13-8-14-23-44)46-30-34-50-48-32-28-41(36-52(48)57(4,5)54(50)38-46)26-25-40-27-31-47-49-33-29-45(37-53(49)56(2,3)51(47)35-40)58(42-18-9-6-10-19-42)43-20-11-7-12-21-43/h6-38H,1-5H3. The van der Waals surface area contributed by atoms with E-state index in [9.17, 15) is 0 Å². The Balaban J connectivity index is 0.945. The van der Waals surface area contributed by atoms with Crippen molar-refractivity contribution in [1.82, 2.24) is 0 Å². The van der Waals surface area contributed by atoms with Crippen molar-refractivity contribution in [1.29, 1.82) is 0 Å². The van der Waals surface area contributed by atoms with Gasteiger partial charge < -0.3 is 9.80 Å². The zero-order valence-corrected chi connectivity index (χ0v) is 34.4. The third kappa shape index (κ3) is 6.19. The highest BCUT2D eigenvalue weighted by Crippen LogP contribution is 2.53. The maximum Gasteiger partial charge on any atom is 0.0490 e. The van der Waals surface area contributed by atoms with Gasteiger partial charge in [0.1, 0.15) is 0 Å². The van der Waals surface area contributed by atoms with E-state index >= 15 is 0 Å². The lowest BCUT2D eigenvalue weighted by molar-refractivity contribution is 0.660. The topological polar surface area (TPSA) is 6.48 Å². The number of fused-ring (bicyclic) bond motifs is 6. The van der Waals surface area contributed by atoms with Gasteiger partial charge >= 0.3 is 0 Å². The molecule has 2 aliphatic rings. The molecule has 0 radical (unpaired) electrons. The number of nitrogens with zero attached hydrogens (tertiary/aromatic N) is 2. The van der Waals surface area contributed by atoms with Crippen molar-refractivity contribution >= 4 is 46.3 Å². The molecule has 10 rings (SSSR count). The smallest absolute Gasteiger partial charge is 0.0490 e. The van der Waals surface area contributed by atoms with Gasteiger partial charge in [0.05, 0.1) is 0 Å². The molecule has 0 N–H and O–H groups in total. The lowest BCUT2D eigenvalue weighted by Crippen LogP contribution is -2.17. The minimum Gasteiger partial charge on any atom is -0.310 e. The van der Waals surface area contributed by atoms with Crippen molar-refractivity contribution < 1.29 is 0 Å². The number of aryl methyl sites for hydroxylation is 1. The summed E-state index contributed by atoms with van der Waals surface area (Å²) in [5.74, 6) is 0. The molecule has 0 saturated carbocycles. The van der Waals surface area contributed by atoms with Crippen molar-refractivity contribution in [2.45, 2.75) is 45.4 Å². The molecule has 0 unspecified atom stereocenters. The molecule has 286 valence electrons. The molecule has 8 aromatic rings. The van der Waals surface area contributed by atoms with Crippen LogP contribution < -0.4 is 9.80 Å². The highest BCUT2D eigenvalue weighted by atomic mass is 15.1. The molecule has 8 aromatic carbocycles. The van der Waals surface area contributed by atoms with Crippen LogP contribution in [-0.2, 0) is 10.8 Å². The molecule has 0 saturated heterocycles. The van der Waals surface area contributed by atoms with Crippen molar-refractivity contribution in [3.05, 3.63) is 227 Å². The number of rotatable bonds is 8. The fraction of sp³-hybridized carbons (Fsp3) is 0.123. The summed E-state index contributed by atoms with van der Waals surface area (Å²) in [4.78, 5) is 4.75. The average Bonchev–Trinajstić information content (AvgIpc) is 3.63. The molecule has 2 nitrogen and oxygen atoms in total. The Morgan fingerprint density at radius 2 is 0.695 bits per heavy atom. The lowest BCUT2D eigenvalue weighted by atomic mass is 9.81. The third-order valence-electron chi connectivity index (χ3n) is 12.8. The Morgan fingerprint density at radius 1 is 0.339 bits per heavy atom. The third-order valence-corrected chi connectivity index (χ3v) is 12.8. The predicted molar refractivity (Wildman–Crippen MR) is 251 cm³/mol. The Hall–Kier alpha value is -6.90. The fourth-order valence-corrected chi connectivity index (χ4v) is 9.58. The van der Waals surface area contributed by atoms with Gasteiger partial charge in [-0.1, -0.05) is 161 Å². The summed E-state index contributed by atoms with van der Waals surface area (Å²) in [5.41, 5.74) is 21.1. The molecule has 59 heavy (non-hydrogen) atoms. The number of anilines is 6. The van der Waals surface area contributed by atoms with Crippen LogP contribution in [0, 0.1) is 6.92 Å². The van der Waals surface area contributed by atoms with E-state index in [1.807, 2.05) is 0 Å². The first kappa shape index (κ1) is 36.4. The van der Waals surface area contributed by atoms with Gasteiger partial charge in [0.2, 0.25) is 0 Å². The molecule has 0 heterocycles. The first-order valence-electron chi connectivity index (χ1n) is 20.8. The normalized spacial score (nSPS) is 14.1. The molecule has 0 aliphatic heterocycles. The van der Waals surface area contributed by atoms with E-state index in [2.05, 4.69) is 245 Å². The number of benzene rings is 8. The summed E-state index contributed by atoms with van der Waals surface area (Å²) in [6.45, 7) is 11.7. The van der Waals surface area contributed by atoms with E-state index in [1.165, 1.54) is 78.3 Å². The van der Waals surface area contributed by atoms with E-state index < -0.39 is 0 Å². The van der Waals surface area contributed by atoms with E-state index in [1.54, 1.807) is 0 Å². The number of para-hydroxylation sites is 4. The summed E-state index contributed by atoms with van der Waals surface area (Å²) in [7, 11) is 0. The Morgan fingerprint density at radius 3 is 1.14 bits per heavy atom. The van der Waals surface area contributed by atoms with Crippen molar-refractivity contribution in [2.24, 2.45) is 0 Å². The van der Waals surface area contributed by atoms with Crippen LogP contribution in [0.1, 0.15) is 66.6 Å². The van der Waals surface area contributed by atoms with Gasteiger partial charge in [0.25, 0.3) is 0 Å². The quantitative estimate of drug-likeness (QED) is 0.142. The Bertz CT molecular complexity index is 2850. The second kappa shape index (κ2) is 14.2. The average molecular weight is 761 g/mol. The lowest BCUT2D eigenvalue weighted by Gasteiger charge is -2.29. The van der Waals surface area contributed by atoms with Gasteiger partial charge in [-0.2, -0.15) is 0 Å². The molecular weight excluding hydrogens is 713 g/mol. The molecule has 2 heteroatoms. The Kier molecular flexibility index (Phi) is 8.76. The summed E-state index contributed by atoms with van der Waals surface area (Å²) < 4.78 is 0. The SMILES string of the molecule is Cc1ccccc1N(c1ccccc1)c1ccc2c(c1)C(C)(C)c1cc(C=Cc3ccc4c(c3)C(C)(C)c3cc(N(c5ccccc5)c5ccccc5)ccc3-4)ccc1-2. The van der Waals surface area contributed by atoms with Crippen molar-refractivity contribution in [3.8, 4) is 22.3 Å².